The highest BCUT2D eigenvalue weighted by molar-refractivity contribution is 4.98. The van der Waals surface area contributed by atoms with Crippen LogP contribution in [-0.2, 0) is 4.74 Å². The molecule has 3 nitrogen and oxygen atoms in total. The molecule has 0 aromatic carbocycles. The van der Waals surface area contributed by atoms with Gasteiger partial charge in [0.15, 0.2) is 0 Å². The minimum absolute atomic E-state index is 0.297. The van der Waals surface area contributed by atoms with Crippen molar-refractivity contribution in [1.82, 2.24) is 4.90 Å². The fourth-order valence-corrected chi connectivity index (χ4v) is 4.22. The Morgan fingerprint density at radius 3 is 2.06 bits per heavy atom. The number of hydrogen-bond acceptors (Lipinski definition) is 3. The summed E-state index contributed by atoms with van der Waals surface area (Å²) < 4.78 is 5.98. The second-order valence-electron chi connectivity index (χ2n) is 6.56. The van der Waals surface area contributed by atoms with E-state index < -0.39 is 0 Å². The predicted molar refractivity (Wildman–Crippen MR) is 73.6 cm³/mol. The Morgan fingerprint density at radius 1 is 0.944 bits per heavy atom. The van der Waals surface area contributed by atoms with E-state index in [0.29, 0.717) is 17.7 Å². The summed E-state index contributed by atoms with van der Waals surface area (Å²) in [5, 5.41) is 0. The van der Waals surface area contributed by atoms with Gasteiger partial charge in [-0.1, -0.05) is 32.1 Å². The number of rotatable bonds is 2. The summed E-state index contributed by atoms with van der Waals surface area (Å²) in [6.07, 6.45) is 13.1. The predicted octanol–water partition coefficient (Wildman–Crippen LogP) is 2.29. The summed E-state index contributed by atoms with van der Waals surface area (Å²) in [7, 11) is 0. The molecule has 0 aromatic rings. The molecule has 2 heterocycles. The van der Waals surface area contributed by atoms with Crippen molar-refractivity contribution in [3.63, 3.8) is 0 Å². The Hall–Kier alpha value is -0.120. The average Bonchev–Trinajstić information content (AvgIpc) is 2.69. The van der Waals surface area contributed by atoms with Gasteiger partial charge in [0.2, 0.25) is 0 Å². The number of nitrogens with two attached hydrogens (primary N) is 1. The molecule has 18 heavy (non-hydrogen) atoms. The first-order valence-corrected chi connectivity index (χ1v) is 7.93. The van der Waals surface area contributed by atoms with Gasteiger partial charge in [0.1, 0.15) is 0 Å². The quantitative estimate of drug-likeness (QED) is 0.819. The van der Waals surface area contributed by atoms with Gasteiger partial charge in [-0.2, -0.15) is 0 Å². The molecule has 0 spiro atoms. The van der Waals surface area contributed by atoms with Crippen LogP contribution in [-0.4, -0.2) is 42.3 Å². The molecule has 1 saturated carbocycles. The minimum atomic E-state index is 0.297. The molecular weight excluding hydrogens is 224 g/mol. The smallest absolute Gasteiger partial charge is 0.0707 e. The summed E-state index contributed by atoms with van der Waals surface area (Å²) in [6.45, 7) is 3.11. The number of likely N-dealkylation sites (tertiary alicyclic amines) is 1. The molecule has 0 radical (unpaired) electrons. The molecule has 2 atom stereocenters. The number of morpholine rings is 1. The van der Waals surface area contributed by atoms with Gasteiger partial charge in [0, 0.05) is 25.2 Å². The van der Waals surface area contributed by atoms with Crippen molar-refractivity contribution < 1.29 is 4.74 Å². The molecule has 104 valence electrons. The molecule has 2 saturated heterocycles. The molecule has 2 unspecified atom stereocenters. The van der Waals surface area contributed by atoms with Crippen molar-refractivity contribution in [2.24, 2.45) is 5.73 Å². The summed E-state index contributed by atoms with van der Waals surface area (Å²) in [5.74, 6) is 0. The summed E-state index contributed by atoms with van der Waals surface area (Å²) in [6, 6.07) is 0. The molecule has 3 rings (SSSR count). The maximum atomic E-state index is 6.22. The van der Waals surface area contributed by atoms with Crippen LogP contribution in [0.25, 0.3) is 0 Å². The summed E-state index contributed by atoms with van der Waals surface area (Å²) >= 11 is 0. The van der Waals surface area contributed by atoms with E-state index in [1.165, 1.54) is 57.8 Å². The zero-order valence-electron chi connectivity index (χ0n) is 11.6. The largest absolute Gasteiger partial charge is 0.372 e. The number of fused-ring (bicyclic) bond motifs is 2. The molecule has 3 heteroatoms. The molecular formula is C15H28N2O. The van der Waals surface area contributed by atoms with Crippen LogP contribution in [0.3, 0.4) is 0 Å². The number of ether oxygens (including phenoxy) is 1. The van der Waals surface area contributed by atoms with Crippen molar-refractivity contribution in [2.45, 2.75) is 75.5 Å². The second kappa shape index (κ2) is 5.48. The zero-order chi connectivity index (χ0) is 12.4. The fraction of sp³-hybridized carbons (Fsp3) is 1.00. The van der Waals surface area contributed by atoms with Gasteiger partial charge in [-0.05, 0) is 25.7 Å². The Labute approximate surface area is 111 Å². The molecule has 2 bridgehead atoms. The van der Waals surface area contributed by atoms with E-state index in [0.717, 1.165) is 19.6 Å². The highest BCUT2D eigenvalue weighted by Crippen LogP contribution is 2.36. The second-order valence-corrected chi connectivity index (χ2v) is 6.56. The van der Waals surface area contributed by atoms with E-state index in [-0.39, 0.29) is 0 Å². The lowest BCUT2D eigenvalue weighted by atomic mass is 9.82. The first kappa shape index (κ1) is 12.9. The maximum Gasteiger partial charge on any atom is 0.0707 e. The van der Waals surface area contributed by atoms with E-state index in [9.17, 15) is 0 Å². The third-order valence-corrected chi connectivity index (χ3v) is 5.38. The van der Waals surface area contributed by atoms with Crippen LogP contribution in [0.1, 0.15) is 57.8 Å². The van der Waals surface area contributed by atoms with E-state index in [4.69, 9.17) is 10.5 Å². The fourth-order valence-electron chi connectivity index (χ4n) is 4.22. The van der Waals surface area contributed by atoms with Crippen LogP contribution in [0, 0.1) is 0 Å². The van der Waals surface area contributed by atoms with Crippen LogP contribution < -0.4 is 5.73 Å². The first-order valence-electron chi connectivity index (χ1n) is 7.93. The van der Waals surface area contributed by atoms with Crippen LogP contribution in [0.5, 0.6) is 0 Å². The third-order valence-electron chi connectivity index (χ3n) is 5.38. The van der Waals surface area contributed by atoms with Gasteiger partial charge in [-0.15, -0.1) is 0 Å². The lowest BCUT2D eigenvalue weighted by molar-refractivity contribution is -0.0826. The number of nitrogens with zero attached hydrogens (tertiary/aromatic N) is 1. The van der Waals surface area contributed by atoms with Gasteiger partial charge >= 0.3 is 0 Å². The van der Waals surface area contributed by atoms with E-state index in [1.54, 1.807) is 0 Å². The Bertz CT molecular complexity index is 262. The monoisotopic (exact) mass is 252 g/mol. The molecule has 0 aromatic heterocycles. The summed E-state index contributed by atoms with van der Waals surface area (Å²) in [5.41, 5.74) is 6.52. The van der Waals surface area contributed by atoms with Gasteiger partial charge in [-0.25, -0.2) is 0 Å². The lowest BCUT2D eigenvalue weighted by Gasteiger charge is -2.48. The molecule has 2 aliphatic heterocycles. The van der Waals surface area contributed by atoms with Crippen LogP contribution >= 0.6 is 0 Å². The van der Waals surface area contributed by atoms with Crippen LogP contribution in [0.2, 0.25) is 0 Å². The van der Waals surface area contributed by atoms with Crippen molar-refractivity contribution in [1.29, 1.82) is 0 Å². The van der Waals surface area contributed by atoms with E-state index in [1.807, 2.05) is 0 Å². The molecule has 0 amide bonds. The molecule has 3 aliphatic rings. The first-order chi connectivity index (χ1) is 8.82. The maximum absolute atomic E-state index is 6.22. The molecule has 2 N–H and O–H groups in total. The van der Waals surface area contributed by atoms with Crippen LogP contribution in [0.4, 0.5) is 0 Å². The topological polar surface area (TPSA) is 38.5 Å². The molecule has 1 aliphatic carbocycles. The summed E-state index contributed by atoms with van der Waals surface area (Å²) in [4.78, 5) is 2.71. The minimum Gasteiger partial charge on any atom is -0.372 e. The average molecular weight is 252 g/mol. The zero-order valence-corrected chi connectivity index (χ0v) is 11.6. The third kappa shape index (κ3) is 2.45. The van der Waals surface area contributed by atoms with Crippen molar-refractivity contribution >= 4 is 0 Å². The highest BCUT2D eigenvalue weighted by Gasteiger charge is 2.43. The van der Waals surface area contributed by atoms with Crippen molar-refractivity contribution in [2.75, 3.05) is 19.6 Å². The standard InChI is InChI=1S/C15H28N2O/c16-12-15(8-4-2-1-3-5-9-15)17-10-13-6-7-14(11-17)18-13/h13-14H,1-12,16H2. The van der Waals surface area contributed by atoms with E-state index in [2.05, 4.69) is 4.90 Å². The van der Waals surface area contributed by atoms with Gasteiger partial charge < -0.3 is 10.5 Å². The van der Waals surface area contributed by atoms with Gasteiger partial charge in [0.05, 0.1) is 12.2 Å². The molecule has 3 fully saturated rings. The SMILES string of the molecule is NCC1(N2CC3CCC(C2)O3)CCCCCCC1. The van der Waals surface area contributed by atoms with E-state index >= 15 is 0 Å². The van der Waals surface area contributed by atoms with Gasteiger partial charge in [0.25, 0.3) is 0 Å². The van der Waals surface area contributed by atoms with Crippen molar-refractivity contribution in [3.05, 3.63) is 0 Å². The Morgan fingerprint density at radius 2 is 1.50 bits per heavy atom. The Balaban J connectivity index is 1.72. The number of hydrogen-bond donors (Lipinski definition) is 1. The highest BCUT2D eigenvalue weighted by atomic mass is 16.5. The van der Waals surface area contributed by atoms with Gasteiger partial charge in [-0.3, -0.25) is 4.90 Å². The Kier molecular flexibility index (Phi) is 3.92. The lowest BCUT2D eigenvalue weighted by Crippen LogP contribution is -2.59. The van der Waals surface area contributed by atoms with Crippen LogP contribution in [0.15, 0.2) is 0 Å². The van der Waals surface area contributed by atoms with Crippen molar-refractivity contribution in [3.8, 4) is 0 Å². The normalized spacial score (nSPS) is 37.2.